The highest BCUT2D eigenvalue weighted by atomic mass is 16.4. The van der Waals surface area contributed by atoms with Gasteiger partial charge in [-0.3, -0.25) is 0 Å². The first-order valence-corrected chi connectivity index (χ1v) is 7.75. The van der Waals surface area contributed by atoms with Crippen molar-refractivity contribution in [1.82, 2.24) is 9.55 Å². The highest BCUT2D eigenvalue weighted by Gasteiger charge is 2.35. The van der Waals surface area contributed by atoms with E-state index in [1.165, 1.54) is 12.8 Å². The Hall–Kier alpha value is -1.84. The van der Waals surface area contributed by atoms with Gasteiger partial charge in [0.25, 0.3) is 0 Å². The minimum absolute atomic E-state index is 0.361. The van der Waals surface area contributed by atoms with Gasteiger partial charge in [0, 0.05) is 6.04 Å². The Balaban J connectivity index is 2.19. The van der Waals surface area contributed by atoms with E-state index in [4.69, 9.17) is 0 Å². The molecule has 1 heterocycles. The molecule has 1 N–H and O–H groups in total. The molecule has 1 aromatic carbocycles. The van der Waals surface area contributed by atoms with Crippen LogP contribution < -0.4 is 0 Å². The minimum Gasteiger partial charge on any atom is -0.478 e. The zero-order chi connectivity index (χ0) is 15.1. The Morgan fingerprint density at radius 2 is 2.19 bits per heavy atom. The first-order valence-electron chi connectivity index (χ1n) is 7.75. The third kappa shape index (κ3) is 2.13. The summed E-state index contributed by atoms with van der Waals surface area (Å²) in [6, 6.07) is 5.72. The highest BCUT2D eigenvalue weighted by molar-refractivity contribution is 6.01. The predicted octanol–water partition coefficient (Wildman–Crippen LogP) is 4.04. The quantitative estimate of drug-likeness (QED) is 0.926. The smallest absolute Gasteiger partial charge is 0.337 e. The summed E-state index contributed by atoms with van der Waals surface area (Å²) in [5.41, 5.74) is 1.94. The fourth-order valence-electron chi connectivity index (χ4n) is 4.01. The van der Waals surface area contributed by atoms with Gasteiger partial charge in [-0.05, 0) is 43.7 Å². The zero-order valence-electron chi connectivity index (χ0n) is 12.8. The van der Waals surface area contributed by atoms with Crippen LogP contribution in [0.3, 0.4) is 0 Å². The number of carbonyl (C=O) groups is 1. The van der Waals surface area contributed by atoms with Crippen molar-refractivity contribution >= 4 is 17.0 Å². The Morgan fingerprint density at radius 3 is 2.81 bits per heavy atom. The molecule has 1 fully saturated rings. The third-order valence-corrected chi connectivity index (χ3v) is 5.16. The van der Waals surface area contributed by atoms with Crippen molar-refractivity contribution in [2.75, 3.05) is 0 Å². The molecule has 0 spiro atoms. The predicted molar refractivity (Wildman–Crippen MR) is 82.6 cm³/mol. The minimum atomic E-state index is -0.876. The zero-order valence-corrected chi connectivity index (χ0v) is 12.8. The van der Waals surface area contributed by atoms with E-state index in [9.17, 15) is 9.90 Å². The van der Waals surface area contributed by atoms with Crippen LogP contribution >= 0.6 is 0 Å². The van der Waals surface area contributed by atoms with Gasteiger partial charge in [0.05, 0.1) is 16.6 Å². The van der Waals surface area contributed by atoms with Crippen LogP contribution in [0.2, 0.25) is 0 Å². The van der Waals surface area contributed by atoms with Crippen molar-refractivity contribution in [2.45, 2.75) is 46.1 Å². The summed E-state index contributed by atoms with van der Waals surface area (Å²) in [6.45, 7) is 6.52. The molecule has 21 heavy (non-hydrogen) atoms. The largest absolute Gasteiger partial charge is 0.478 e. The summed E-state index contributed by atoms with van der Waals surface area (Å²) in [4.78, 5) is 16.1. The van der Waals surface area contributed by atoms with E-state index in [0.29, 0.717) is 17.5 Å². The number of aromatic nitrogens is 2. The lowest BCUT2D eigenvalue weighted by Gasteiger charge is -2.23. The number of nitrogens with zero attached hydrogens (tertiary/aromatic N) is 2. The van der Waals surface area contributed by atoms with Crippen molar-refractivity contribution in [2.24, 2.45) is 11.8 Å². The normalized spacial score (nSPS) is 25.6. The van der Waals surface area contributed by atoms with Crippen LogP contribution in [0.25, 0.3) is 11.0 Å². The molecule has 1 saturated carbocycles. The van der Waals surface area contributed by atoms with E-state index in [1.807, 2.05) is 13.0 Å². The SMILES string of the molecule is CCC1CCC(n2c(C)nc3cccc(C(=O)O)c32)C1C. The monoisotopic (exact) mass is 286 g/mol. The van der Waals surface area contributed by atoms with Gasteiger partial charge in [0.2, 0.25) is 0 Å². The molecule has 3 atom stereocenters. The number of aromatic carboxylic acids is 1. The van der Waals surface area contributed by atoms with Gasteiger partial charge in [0.15, 0.2) is 0 Å². The molecule has 1 aliphatic carbocycles. The number of aryl methyl sites for hydroxylation is 1. The molecule has 0 bridgehead atoms. The number of hydrogen-bond acceptors (Lipinski definition) is 2. The van der Waals surface area contributed by atoms with E-state index in [1.54, 1.807) is 12.1 Å². The lowest BCUT2D eigenvalue weighted by Crippen LogP contribution is -2.17. The van der Waals surface area contributed by atoms with Gasteiger partial charge in [-0.15, -0.1) is 0 Å². The maximum absolute atomic E-state index is 11.6. The number of rotatable bonds is 3. The second kappa shape index (κ2) is 5.17. The molecule has 4 nitrogen and oxygen atoms in total. The van der Waals surface area contributed by atoms with Crippen LogP contribution in [0.5, 0.6) is 0 Å². The number of benzene rings is 1. The Morgan fingerprint density at radius 1 is 1.43 bits per heavy atom. The molecule has 3 unspecified atom stereocenters. The number of fused-ring (bicyclic) bond motifs is 1. The lowest BCUT2D eigenvalue weighted by atomic mass is 9.93. The number of hydrogen-bond donors (Lipinski definition) is 1. The summed E-state index contributed by atoms with van der Waals surface area (Å²) < 4.78 is 2.18. The van der Waals surface area contributed by atoms with E-state index in [-0.39, 0.29) is 0 Å². The molecule has 4 heteroatoms. The lowest BCUT2D eigenvalue weighted by molar-refractivity contribution is 0.0698. The van der Waals surface area contributed by atoms with Gasteiger partial charge in [-0.25, -0.2) is 9.78 Å². The van der Waals surface area contributed by atoms with Crippen LogP contribution in [-0.4, -0.2) is 20.6 Å². The topological polar surface area (TPSA) is 55.1 Å². The molecule has 112 valence electrons. The summed E-state index contributed by atoms with van der Waals surface area (Å²) in [5.74, 6) is 1.34. The molecule has 1 aliphatic rings. The summed E-state index contributed by atoms with van der Waals surface area (Å²) >= 11 is 0. The standard InChI is InChI=1S/C17H22N2O2/c1-4-12-8-9-15(10(12)2)19-11(3)18-14-7-5-6-13(16(14)19)17(20)21/h5-7,10,12,15H,4,8-9H2,1-3H3,(H,20,21). The molecule has 1 aromatic heterocycles. The summed E-state index contributed by atoms with van der Waals surface area (Å²) in [7, 11) is 0. The maximum Gasteiger partial charge on any atom is 0.337 e. The number of carboxylic acids is 1. The second-order valence-corrected chi connectivity index (χ2v) is 6.18. The molecule has 0 radical (unpaired) electrons. The van der Waals surface area contributed by atoms with Crippen LogP contribution in [0, 0.1) is 18.8 Å². The average molecular weight is 286 g/mol. The van der Waals surface area contributed by atoms with E-state index < -0.39 is 5.97 Å². The molecule has 0 aliphatic heterocycles. The second-order valence-electron chi connectivity index (χ2n) is 6.18. The van der Waals surface area contributed by atoms with Crippen LogP contribution in [-0.2, 0) is 0 Å². The Labute approximate surface area is 124 Å². The number of para-hydroxylation sites is 1. The molecular formula is C17H22N2O2. The Kier molecular flexibility index (Phi) is 3.47. The van der Waals surface area contributed by atoms with Gasteiger partial charge in [-0.2, -0.15) is 0 Å². The van der Waals surface area contributed by atoms with Crippen LogP contribution in [0.4, 0.5) is 0 Å². The van der Waals surface area contributed by atoms with Crippen LogP contribution in [0.1, 0.15) is 55.3 Å². The molecule has 0 saturated heterocycles. The summed E-state index contributed by atoms with van der Waals surface area (Å²) in [5, 5.41) is 9.48. The van der Waals surface area contributed by atoms with Crippen LogP contribution in [0.15, 0.2) is 18.2 Å². The van der Waals surface area contributed by atoms with Crippen molar-refractivity contribution < 1.29 is 9.90 Å². The van der Waals surface area contributed by atoms with E-state index in [0.717, 1.165) is 29.2 Å². The van der Waals surface area contributed by atoms with Crippen molar-refractivity contribution in [3.63, 3.8) is 0 Å². The van der Waals surface area contributed by atoms with Crippen molar-refractivity contribution in [1.29, 1.82) is 0 Å². The van der Waals surface area contributed by atoms with Gasteiger partial charge in [-0.1, -0.05) is 26.3 Å². The third-order valence-electron chi connectivity index (χ3n) is 5.16. The maximum atomic E-state index is 11.6. The number of imidazole rings is 1. The fraction of sp³-hybridized carbons (Fsp3) is 0.529. The molecule has 2 aromatic rings. The van der Waals surface area contributed by atoms with Gasteiger partial charge >= 0.3 is 5.97 Å². The van der Waals surface area contributed by atoms with E-state index >= 15 is 0 Å². The Bertz CT molecular complexity index is 689. The fourth-order valence-corrected chi connectivity index (χ4v) is 4.01. The van der Waals surface area contributed by atoms with Crippen molar-refractivity contribution in [3.8, 4) is 0 Å². The molecular weight excluding hydrogens is 264 g/mol. The highest BCUT2D eigenvalue weighted by Crippen LogP contribution is 2.43. The van der Waals surface area contributed by atoms with Gasteiger partial charge < -0.3 is 9.67 Å². The molecule has 3 rings (SSSR count). The number of carboxylic acid groups (broad SMARTS) is 1. The first-order chi connectivity index (χ1) is 10.0. The summed E-state index contributed by atoms with van der Waals surface area (Å²) in [6.07, 6.45) is 3.52. The average Bonchev–Trinajstić information content (AvgIpc) is 2.97. The first kappa shape index (κ1) is 14.1. The van der Waals surface area contributed by atoms with E-state index in [2.05, 4.69) is 23.4 Å². The molecule has 0 amide bonds. The van der Waals surface area contributed by atoms with Gasteiger partial charge in [0.1, 0.15) is 5.82 Å². The van der Waals surface area contributed by atoms with Crippen molar-refractivity contribution in [3.05, 3.63) is 29.6 Å².